The van der Waals surface area contributed by atoms with E-state index in [1.54, 1.807) is 6.20 Å². The Labute approximate surface area is 188 Å². The van der Waals surface area contributed by atoms with Gasteiger partial charge in [-0.15, -0.1) is 0 Å². The molecule has 1 fully saturated rings. The quantitative estimate of drug-likeness (QED) is 0.324. The molecule has 5 nitrogen and oxygen atoms in total. The molecule has 6 heteroatoms. The van der Waals surface area contributed by atoms with Crippen LogP contribution in [0.5, 0.6) is 0 Å². The average molecular weight is 506 g/mol. The van der Waals surface area contributed by atoms with Crippen molar-refractivity contribution in [2.45, 2.75) is 31.7 Å². The minimum absolute atomic E-state index is 0.0876. The predicted octanol–water partition coefficient (Wildman–Crippen LogP) is 5.92. The summed E-state index contributed by atoms with van der Waals surface area (Å²) in [5.74, 6) is 1.35. The summed E-state index contributed by atoms with van der Waals surface area (Å²) >= 11 is 2.41. The van der Waals surface area contributed by atoms with Gasteiger partial charge in [0.2, 0.25) is 0 Å². The lowest BCUT2D eigenvalue weighted by Gasteiger charge is -2.14. The minimum Gasteiger partial charge on any atom is -0.442 e. The van der Waals surface area contributed by atoms with Crippen molar-refractivity contribution in [3.63, 3.8) is 0 Å². The number of oxazole rings is 1. The molecule has 1 atom stereocenters. The van der Waals surface area contributed by atoms with E-state index in [1.165, 1.54) is 33.9 Å². The second kappa shape index (κ2) is 6.91. The summed E-state index contributed by atoms with van der Waals surface area (Å²) in [6, 6.07) is 15.2. The van der Waals surface area contributed by atoms with Gasteiger partial charge < -0.3 is 4.42 Å². The summed E-state index contributed by atoms with van der Waals surface area (Å²) in [7, 11) is 0. The van der Waals surface area contributed by atoms with Crippen LogP contribution in [0.4, 0.5) is 0 Å². The van der Waals surface area contributed by atoms with Crippen LogP contribution in [0.2, 0.25) is 0 Å². The van der Waals surface area contributed by atoms with E-state index >= 15 is 0 Å². The van der Waals surface area contributed by atoms with Gasteiger partial charge in [-0.05, 0) is 72.0 Å². The van der Waals surface area contributed by atoms with Crippen molar-refractivity contribution < 1.29 is 4.42 Å². The molecule has 0 radical (unpaired) electrons. The summed E-state index contributed by atoms with van der Waals surface area (Å²) in [6.07, 6.45) is 7.59. The van der Waals surface area contributed by atoms with Crippen LogP contribution in [-0.4, -0.2) is 20.2 Å². The zero-order valence-corrected chi connectivity index (χ0v) is 18.6. The van der Waals surface area contributed by atoms with Crippen molar-refractivity contribution in [1.29, 1.82) is 0 Å². The van der Waals surface area contributed by atoms with Crippen molar-refractivity contribution >= 4 is 28.3 Å². The van der Waals surface area contributed by atoms with Gasteiger partial charge in [-0.25, -0.2) is 9.97 Å². The highest BCUT2D eigenvalue weighted by Crippen LogP contribution is 2.43. The number of aromatic nitrogens is 3. The number of aliphatic imine (C=N–C) groups is 1. The maximum absolute atomic E-state index is 5.57. The number of nitrogens with zero attached hydrogens (tertiary/aromatic N) is 4. The lowest BCUT2D eigenvalue weighted by molar-refractivity contribution is 0.568. The van der Waals surface area contributed by atoms with Crippen molar-refractivity contribution in [1.82, 2.24) is 14.5 Å². The molecule has 1 aliphatic carbocycles. The van der Waals surface area contributed by atoms with Crippen LogP contribution < -0.4 is 0 Å². The Hall–Kier alpha value is -2.74. The van der Waals surface area contributed by atoms with Gasteiger partial charge in [-0.3, -0.25) is 9.56 Å². The molecule has 2 aromatic carbocycles. The maximum atomic E-state index is 5.57. The first-order chi connectivity index (χ1) is 14.7. The molecule has 148 valence electrons. The molecule has 4 aromatic rings. The van der Waals surface area contributed by atoms with Crippen LogP contribution in [0, 0.1) is 3.57 Å². The summed E-state index contributed by atoms with van der Waals surface area (Å²) < 4.78 is 8.94. The van der Waals surface area contributed by atoms with Gasteiger partial charge in [0.25, 0.3) is 0 Å². The molecule has 30 heavy (non-hydrogen) atoms. The molecule has 0 saturated heterocycles. The highest BCUT2D eigenvalue weighted by atomic mass is 127. The molecule has 0 amide bonds. The van der Waals surface area contributed by atoms with Crippen LogP contribution in [0.3, 0.4) is 0 Å². The van der Waals surface area contributed by atoms with Gasteiger partial charge in [-0.2, -0.15) is 0 Å². The number of fused-ring (bicyclic) bond motifs is 3. The first-order valence-corrected chi connectivity index (χ1v) is 11.2. The fourth-order valence-corrected chi connectivity index (χ4v) is 4.93. The fraction of sp³-hybridized carbons (Fsp3) is 0.208. The summed E-state index contributed by atoms with van der Waals surface area (Å²) in [6.45, 7) is 2.12. The number of hydrogen-bond acceptors (Lipinski definition) is 4. The lowest BCUT2D eigenvalue weighted by Crippen LogP contribution is -2.09. The smallest absolute Gasteiger partial charge is 0.181 e. The first kappa shape index (κ1) is 18.1. The normalized spacial score (nSPS) is 17.8. The van der Waals surface area contributed by atoms with E-state index in [0.717, 1.165) is 28.4 Å². The van der Waals surface area contributed by atoms with Crippen molar-refractivity contribution in [3.8, 4) is 17.1 Å². The Morgan fingerprint density at radius 2 is 1.97 bits per heavy atom. The molecular weight excluding hydrogens is 487 g/mol. The molecule has 2 aliphatic rings. The van der Waals surface area contributed by atoms with Gasteiger partial charge in [-0.1, -0.05) is 24.3 Å². The van der Waals surface area contributed by atoms with E-state index in [2.05, 4.69) is 86.5 Å². The maximum Gasteiger partial charge on any atom is 0.181 e. The molecule has 0 bridgehead atoms. The average Bonchev–Trinajstić information content (AvgIpc) is 3.31. The van der Waals surface area contributed by atoms with E-state index in [0.29, 0.717) is 11.7 Å². The second-order valence-corrected chi connectivity index (χ2v) is 9.06. The minimum atomic E-state index is -0.0876. The first-order valence-electron chi connectivity index (χ1n) is 10.1. The van der Waals surface area contributed by atoms with E-state index < -0.39 is 0 Å². The molecule has 6 rings (SSSR count). The Bertz CT molecular complexity index is 1280. The monoisotopic (exact) mass is 506 g/mol. The Balaban J connectivity index is 1.63. The summed E-state index contributed by atoms with van der Waals surface area (Å²) in [5.41, 5.74) is 7.69. The summed E-state index contributed by atoms with van der Waals surface area (Å²) in [5, 5.41) is 0. The molecule has 3 heterocycles. The Kier molecular flexibility index (Phi) is 4.16. The fourth-order valence-electron chi connectivity index (χ4n) is 4.29. The van der Waals surface area contributed by atoms with Crippen LogP contribution in [-0.2, 0) is 0 Å². The standard InChI is InChI=1S/C24H19IN4O/c1-14-24-23(21-11-26-13-30-21)27-12-29(24)20-9-8-16(15-6-7-15)10-18(20)22(28-14)17-4-2-3-5-19(17)25/h2-5,8-15H,6-7H2,1H3/t14-/m1/s1. The van der Waals surface area contributed by atoms with Crippen molar-refractivity contribution in [2.75, 3.05) is 0 Å². The number of hydrogen-bond donors (Lipinski definition) is 0. The zero-order chi connectivity index (χ0) is 20.2. The predicted molar refractivity (Wildman–Crippen MR) is 124 cm³/mol. The highest BCUT2D eigenvalue weighted by Gasteiger charge is 2.30. The number of halogens is 1. The van der Waals surface area contributed by atoms with Gasteiger partial charge in [0, 0.05) is 14.7 Å². The van der Waals surface area contributed by atoms with Crippen LogP contribution in [0.25, 0.3) is 17.1 Å². The number of benzene rings is 2. The molecular formula is C24H19IN4O. The van der Waals surface area contributed by atoms with Crippen molar-refractivity contribution in [3.05, 3.63) is 87.3 Å². The van der Waals surface area contributed by atoms with E-state index in [-0.39, 0.29) is 6.04 Å². The Morgan fingerprint density at radius 1 is 1.10 bits per heavy atom. The second-order valence-electron chi connectivity index (χ2n) is 7.90. The largest absolute Gasteiger partial charge is 0.442 e. The third-order valence-corrected chi connectivity index (χ3v) is 6.84. The number of imidazole rings is 1. The van der Waals surface area contributed by atoms with E-state index in [4.69, 9.17) is 9.41 Å². The van der Waals surface area contributed by atoms with Crippen LogP contribution >= 0.6 is 22.6 Å². The highest BCUT2D eigenvalue weighted by molar-refractivity contribution is 14.1. The topological polar surface area (TPSA) is 56.2 Å². The van der Waals surface area contributed by atoms with Gasteiger partial charge in [0.15, 0.2) is 12.2 Å². The summed E-state index contributed by atoms with van der Waals surface area (Å²) in [4.78, 5) is 14.0. The third kappa shape index (κ3) is 2.85. The van der Waals surface area contributed by atoms with Crippen molar-refractivity contribution in [2.24, 2.45) is 4.99 Å². The molecule has 1 aliphatic heterocycles. The van der Waals surface area contributed by atoms with E-state index in [9.17, 15) is 0 Å². The SMILES string of the molecule is C[C@H]1N=C(c2ccccc2I)c2cc(C3CC3)ccc2-n2cnc(-c3cnco3)c21. The zero-order valence-electron chi connectivity index (χ0n) is 16.4. The lowest BCUT2D eigenvalue weighted by atomic mass is 9.97. The van der Waals surface area contributed by atoms with Gasteiger partial charge in [0.1, 0.15) is 12.0 Å². The molecule has 0 unspecified atom stereocenters. The number of rotatable bonds is 3. The van der Waals surface area contributed by atoms with Crippen LogP contribution in [0.15, 0.2) is 70.8 Å². The van der Waals surface area contributed by atoms with Gasteiger partial charge in [0.05, 0.1) is 29.3 Å². The third-order valence-electron chi connectivity index (χ3n) is 5.90. The van der Waals surface area contributed by atoms with E-state index in [1.807, 2.05) is 6.33 Å². The van der Waals surface area contributed by atoms with Crippen LogP contribution in [0.1, 0.15) is 54.1 Å². The van der Waals surface area contributed by atoms with Gasteiger partial charge >= 0.3 is 0 Å². The Morgan fingerprint density at radius 3 is 2.73 bits per heavy atom. The molecule has 0 spiro atoms. The molecule has 1 saturated carbocycles. The molecule has 2 aromatic heterocycles. The molecule has 0 N–H and O–H groups in total.